The Morgan fingerprint density at radius 1 is 1.00 bits per heavy atom. The Morgan fingerprint density at radius 2 is 1.75 bits per heavy atom. The van der Waals surface area contributed by atoms with Gasteiger partial charge in [0.1, 0.15) is 0 Å². The fraction of sp³-hybridized carbons (Fsp3) is 0.278. The molecule has 2 aromatic carbocycles. The number of benzene rings is 2. The van der Waals surface area contributed by atoms with Crippen molar-refractivity contribution in [3.63, 3.8) is 0 Å². The molecule has 2 heteroatoms. The third-order valence-corrected chi connectivity index (χ3v) is 3.29. The highest BCUT2D eigenvalue weighted by atomic mass is 16.1. The maximum absolute atomic E-state index is 11.0. The normalized spacial score (nSPS) is 10.3. The lowest BCUT2D eigenvalue weighted by molar-refractivity contribution is -0.119. The summed E-state index contributed by atoms with van der Waals surface area (Å²) in [5.74, 6) is -0.000628. The Hall–Kier alpha value is -2.09. The van der Waals surface area contributed by atoms with E-state index in [0.29, 0.717) is 6.54 Å². The van der Waals surface area contributed by atoms with Crippen LogP contribution < -0.4 is 5.32 Å². The molecule has 1 amide bonds. The van der Waals surface area contributed by atoms with Gasteiger partial charge in [-0.2, -0.15) is 0 Å². The first kappa shape index (κ1) is 14.3. The number of hydrogen-bond donors (Lipinski definition) is 1. The van der Waals surface area contributed by atoms with Crippen LogP contribution >= 0.6 is 0 Å². The summed E-state index contributed by atoms with van der Waals surface area (Å²) in [5, 5.41) is 2.83. The van der Waals surface area contributed by atoms with E-state index < -0.39 is 0 Å². The van der Waals surface area contributed by atoms with Crippen molar-refractivity contribution in [2.24, 2.45) is 0 Å². The number of aryl methyl sites for hydroxylation is 1. The van der Waals surface area contributed by atoms with Crippen molar-refractivity contribution in [3.05, 3.63) is 59.7 Å². The zero-order valence-corrected chi connectivity index (χ0v) is 12.1. The SMILES string of the molecule is CCCc1ccc(-c2cccc(CNC(C)=O)c2)cc1. The third kappa shape index (κ3) is 3.95. The second-order valence-corrected chi connectivity index (χ2v) is 5.06. The first-order valence-corrected chi connectivity index (χ1v) is 7.11. The number of carbonyl (C=O) groups excluding carboxylic acids is 1. The summed E-state index contributed by atoms with van der Waals surface area (Å²) in [6.07, 6.45) is 2.30. The lowest BCUT2D eigenvalue weighted by Crippen LogP contribution is -2.18. The second kappa shape index (κ2) is 6.90. The van der Waals surface area contributed by atoms with Gasteiger partial charge in [0.25, 0.3) is 0 Å². The van der Waals surface area contributed by atoms with Gasteiger partial charge < -0.3 is 5.32 Å². The molecule has 2 nitrogen and oxygen atoms in total. The molecule has 104 valence electrons. The molecule has 0 atom stereocenters. The maximum Gasteiger partial charge on any atom is 0.217 e. The van der Waals surface area contributed by atoms with Gasteiger partial charge in [0.15, 0.2) is 0 Å². The van der Waals surface area contributed by atoms with Gasteiger partial charge in [-0.3, -0.25) is 4.79 Å². The number of nitrogens with one attached hydrogen (secondary N) is 1. The highest BCUT2D eigenvalue weighted by Gasteiger charge is 2.01. The molecular weight excluding hydrogens is 246 g/mol. The van der Waals surface area contributed by atoms with Crippen LogP contribution in [0.25, 0.3) is 11.1 Å². The van der Waals surface area contributed by atoms with Gasteiger partial charge in [0, 0.05) is 13.5 Å². The fourth-order valence-electron chi connectivity index (χ4n) is 2.24. The molecule has 2 rings (SSSR count). The Bertz CT molecular complexity index is 572. The fourth-order valence-corrected chi connectivity index (χ4v) is 2.24. The molecule has 0 aliphatic carbocycles. The van der Waals surface area contributed by atoms with Crippen molar-refractivity contribution in [1.29, 1.82) is 0 Å². The third-order valence-electron chi connectivity index (χ3n) is 3.29. The van der Waals surface area contributed by atoms with E-state index in [9.17, 15) is 4.79 Å². The molecule has 1 N–H and O–H groups in total. The topological polar surface area (TPSA) is 29.1 Å². The molecule has 0 unspecified atom stereocenters. The van der Waals surface area contributed by atoms with Crippen molar-refractivity contribution < 1.29 is 4.79 Å². The van der Waals surface area contributed by atoms with Gasteiger partial charge in [0.2, 0.25) is 5.91 Å². The number of amides is 1. The molecule has 0 radical (unpaired) electrons. The second-order valence-electron chi connectivity index (χ2n) is 5.06. The molecule has 0 spiro atoms. The van der Waals surface area contributed by atoms with Gasteiger partial charge in [-0.1, -0.05) is 55.8 Å². The predicted octanol–water partition coefficient (Wildman–Crippen LogP) is 3.94. The lowest BCUT2D eigenvalue weighted by Gasteiger charge is -2.07. The van der Waals surface area contributed by atoms with E-state index in [4.69, 9.17) is 0 Å². The largest absolute Gasteiger partial charge is 0.352 e. The molecule has 0 aromatic heterocycles. The molecule has 0 fully saturated rings. The van der Waals surface area contributed by atoms with Crippen molar-refractivity contribution in [2.75, 3.05) is 0 Å². The molecule has 0 aliphatic heterocycles. The molecular formula is C18H21NO. The van der Waals surface area contributed by atoms with Gasteiger partial charge in [-0.25, -0.2) is 0 Å². The lowest BCUT2D eigenvalue weighted by atomic mass is 10.0. The summed E-state index contributed by atoms with van der Waals surface area (Å²) in [7, 11) is 0. The minimum Gasteiger partial charge on any atom is -0.352 e. The molecule has 0 aliphatic rings. The Kier molecular flexibility index (Phi) is 4.94. The van der Waals surface area contributed by atoms with E-state index in [1.54, 1.807) is 0 Å². The molecule has 0 saturated heterocycles. The van der Waals surface area contributed by atoms with E-state index in [0.717, 1.165) is 12.0 Å². The smallest absolute Gasteiger partial charge is 0.217 e. The van der Waals surface area contributed by atoms with Crippen LogP contribution in [0.1, 0.15) is 31.4 Å². The van der Waals surface area contributed by atoms with E-state index in [-0.39, 0.29) is 5.91 Å². The molecule has 0 heterocycles. The van der Waals surface area contributed by atoms with Crippen LogP contribution in [0, 0.1) is 0 Å². The van der Waals surface area contributed by atoms with Crippen LogP contribution in [0.15, 0.2) is 48.5 Å². The zero-order chi connectivity index (χ0) is 14.4. The van der Waals surface area contributed by atoms with Gasteiger partial charge in [0.05, 0.1) is 0 Å². The standard InChI is InChI=1S/C18H21NO/c1-3-5-15-8-10-17(11-9-15)18-7-4-6-16(12-18)13-19-14(2)20/h4,6-12H,3,5,13H2,1-2H3,(H,19,20). The summed E-state index contributed by atoms with van der Waals surface area (Å²) < 4.78 is 0. The van der Waals surface area contributed by atoms with Crippen LogP contribution in [-0.2, 0) is 17.8 Å². The molecule has 2 aromatic rings. The van der Waals surface area contributed by atoms with Crippen molar-refractivity contribution in [3.8, 4) is 11.1 Å². The quantitative estimate of drug-likeness (QED) is 0.873. The minimum absolute atomic E-state index is 0.000628. The van der Waals surface area contributed by atoms with E-state index in [1.807, 2.05) is 12.1 Å². The number of carbonyl (C=O) groups is 1. The van der Waals surface area contributed by atoms with Crippen LogP contribution in [-0.4, -0.2) is 5.91 Å². The van der Waals surface area contributed by atoms with Crippen LogP contribution in [0.3, 0.4) is 0 Å². The minimum atomic E-state index is -0.000628. The van der Waals surface area contributed by atoms with Gasteiger partial charge >= 0.3 is 0 Å². The molecule has 20 heavy (non-hydrogen) atoms. The molecule has 0 bridgehead atoms. The Balaban J connectivity index is 2.15. The van der Waals surface area contributed by atoms with Crippen molar-refractivity contribution in [1.82, 2.24) is 5.32 Å². The molecule has 0 saturated carbocycles. The Labute approximate surface area is 120 Å². The van der Waals surface area contributed by atoms with Crippen LogP contribution in [0.5, 0.6) is 0 Å². The number of rotatable bonds is 5. The monoisotopic (exact) mass is 267 g/mol. The average Bonchev–Trinajstić information content (AvgIpc) is 2.47. The first-order chi connectivity index (χ1) is 9.69. The summed E-state index contributed by atoms with van der Waals surface area (Å²) in [5.41, 5.74) is 4.91. The van der Waals surface area contributed by atoms with E-state index in [1.165, 1.54) is 30.0 Å². The van der Waals surface area contributed by atoms with E-state index in [2.05, 4.69) is 48.6 Å². The summed E-state index contributed by atoms with van der Waals surface area (Å²) >= 11 is 0. The summed E-state index contributed by atoms with van der Waals surface area (Å²) in [4.78, 5) is 11.0. The van der Waals surface area contributed by atoms with Crippen molar-refractivity contribution >= 4 is 5.91 Å². The van der Waals surface area contributed by atoms with Crippen LogP contribution in [0.2, 0.25) is 0 Å². The van der Waals surface area contributed by atoms with E-state index >= 15 is 0 Å². The highest BCUT2D eigenvalue weighted by molar-refractivity contribution is 5.73. The van der Waals surface area contributed by atoms with Crippen molar-refractivity contribution in [2.45, 2.75) is 33.2 Å². The zero-order valence-electron chi connectivity index (χ0n) is 12.1. The maximum atomic E-state index is 11.0. The predicted molar refractivity (Wildman–Crippen MR) is 83.4 cm³/mol. The van der Waals surface area contributed by atoms with Gasteiger partial charge in [-0.05, 0) is 34.7 Å². The van der Waals surface area contributed by atoms with Crippen LogP contribution in [0.4, 0.5) is 0 Å². The first-order valence-electron chi connectivity index (χ1n) is 7.11. The number of hydrogen-bond acceptors (Lipinski definition) is 1. The summed E-state index contributed by atoms with van der Waals surface area (Å²) in [6.45, 7) is 4.31. The highest BCUT2D eigenvalue weighted by Crippen LogP contribution is 2.21. The Morgan fingerprint density at radius 3 is 2.40 bits per heavy atom. The van der Waals surface area contributed by atoms with Gasteiger partial charge in [-0.15, -0.1) is 0 Å². The summed E-state index contributed by atoms with van der Waals surface area (Å²) in [6, 6.07) is 17.0. The average molecular weight is 267 g/mol.